The van der Waals surface area contributed by atoms with Crippen molar-refractivity contribution in [2.45, 2.75) is 57.3 Å². The van der Waals surface area contributed by atoms with E-state index >= 15 is 0 Å². The number of aromatic nitrogens is 2. The number of hydrogen-bond donors (Lipinski definition) is 2. The zero-order valence-corrected chi connectivity index (χ0v) is 18.8. The molecule has 7 heteroatoms. The number of fused-ring (bicyclic) bond motifs is 4. The van der Waals surface area contributed by atoms with Gasteiger partial charge in [0.25, 0.3) is 5.19 Å². The van der Waals surface area contributed by atoms with Crippen molar-refractivity contribution in [1.82, 2.24) is 20.2 Å². The summed E-state index contributed by atoms with van der Waals surface area (Å²) in [6.45, 7) is 2.56. The van der Waals surface area contributed by atoms with Gasteiger partial charge in [-0.15, -0.1) is 0 Å². The van der Waals surface area contributed by atoms with Gasteiger partial charge in [0.15, 0.2) is 0 Å². The minimum atomic E-state index is 0.0864. The van der Waals surface area contributed by atoms with E-state index < -0.39 is 0 Å². The summed E-state index contributed by atoms with van der Waals surface area (Å²) >= 11 is 1.56. The summed E-state index contributed by atoms with van der Waals surface area (Å²) in [6.07, 6.45) is 6.69. The molecule has 2 atom stereocenters. The lowest BCUT2D eigenvalue weighted by Gasteiger charge is -2.39. The molecule has 2 aliphatic heterocycles. The third-order valence-electron chi connectivity index (χ3n) is 6.86. The Kier molecular flexibility index (Phi) is 4.88. The first-order valence-corrected chi connectivity index (χ1v) is 12.1. The number of rotatable bonds is 5. The normalized spacial score (nSPS) is 23.1. The third kappa shape index (κ3) is 3.65. The van der Waals surface area contributed by atoms with Gasteiger partial charge in [-0.3, -0.25) is 9.69 Å². The molecule has 6 rings (SSSR count). The summed E-state index contributed by atoms with van der Waals surface area (Å²) in [5.74, 6) is 0.879. The number of piperidine rings is 1. The van der Waals surface area contributed by atoms with Crippen LogP contribution in [0, 0.1) is 0 Å². The Morgan fingerprint density at radius 2 is 2.03 bits per heavy atom. The fourth-order valence-electron chi connectivity index (χ4n) is 5.49. The lowest BCUT2D eigenvalue weighted by atomic mass is 9.96. The summed E-state index contributed by atoms with van der Waals surface area (Å²) < 4.78 is 7.19. The molecule has 6 nitrogen and oxygen atoms in total. The van der Waals surface area contributed by atoms with Gasteiger partial charge < -0.3 is 15.0 Å². The first-order valence-electron chi connectivity index (χ1n) is 11.3. The van der Waals surface area contributed by atoms with Crippen molar-refractivity contribution in [3.05, 3.63) is 54.2 Å². The molecule has 1 amide bonds. The van der Waals surface area contributed by atoms with Crippen LogP contribution in [-0.4, -0.2) is 38.9 Å². The number of nitrogens with zero attached hydrogens (tertiary/aromatic N) is 2. The molecule has 2 unspecified atom stereocenters. The zero-order valence-electron chi connectivity index (χ0n) is 18.0. The van der Waals surface area contributed by atoms with Crippen LogP contribution in [0.5, 0.6) is 10.9 Å². The Labute approximate surface area is 190 Å². The third-order valence-corrected chi connectivity index (χ3v) is 7.78. The summed E-state index contributed by atoms with van der Waals surface area (Å²) in [7, 11) is 0. The van der Waals surface area contributed by atoms with Crippen LogP contribution in [0.2, 0.25) is 0 Å². The number of thiazole rings is 1. The van der Waals surface area contributed by atoms with Gasteiger partial charge in [-0.2, -0.15) is 0 Å². The van der Waals surface area contributed by atoms with Gasteiger partial charge in [-0.1, -0.05) is 23.5 Å². The van der Waals surface area contributed by atoms with Gasteiger partial charge in [0.1, 0.15) is 5.75 Å². The topological polar surface area (TPSA) is 70.2 Å². The van der Waals surface area contributed by atoms with E-state index in [0.717, 1.165) is 40.9 Å². The molecule has 4 heterocycles. The Morgan fingerprint density at radius 1 is 1.22 bits per heavy atom. The smallest absolute Gasteiger partial charge is 0.279 e. The number of carbonyl (C=O) groups excluding carboxylic acids is 1. The van der Waals surface area contributed by atoms with Crippen LogP contribution in [-0.2, 0) is 11.3 Å². The van der Waals surface area contributed by atoms with E-state index in [1.165, 1.54) is 23.8 Å². The number of nitrogens with one attached hydrogen (secondary N) is 2. The Balaban J connectivity index is 1.18. The van der Waals surface area contributed by atoms with E-state index in [2.05, 4.69) is 44.6 Å². The predicted octanol–water partition coefficient (Wildman–Crippen LogP) is 5.20. The number of amides is 1. The van der Waals surface area contributed by atoms with Gasteiger partial charge in [-0.25, -0.2) is 4.98 Å². The van der Waals surface area contributed by atoms with Crippen LogP contribution in [0.4, 0.5) is 0 Å². The average molecular weight is 447 g/mol. The van der Waals surface area contributed by atoms with Crippen molar-refractivity contribution in [1.29, 1.82) is 0 Å². The SMILES string of the molecule is CC(=O)NC1CC2CCC(C1)N2Cc1c[nH]c2cc(Oc3nc4ccccc4s3)ccc12. The van der Waals surface area contributed by atoms with Crippen LogP contribution in [0.15, 0.2) is 48.7 Å². The standard InChI is InChI=1S/C25H26N4O2S/c1-15(30)27-17-10-18-6-7-19(11-17)29(18)14-16-13-26-23-12-20(8-9-21(16)23)31-25-28-22-4-2-3-5-24(22)32-25/h2-5,8-9,12-13,17-19,26H,6-7,10-11,14H2,1H3,(H,27,30). The van der Waals surface area contributed by atoms with E-state index in [1.807, 2.05) is 24.3 Å². The molecule has 2 bridgehead atoms. The van der Waals surface area contributed by atoms with Crippen molar-refractivity contribution in [3.8, 4) is 10.9 Å². The molecule has 164 valence electrons. The van der Waals surface area contributed by atoms with Gasteiger partial charge >= 0.3 is 0 Å². The minimum absolute atomic E-state index is 0.0864. The monoisotopic (exact) mass is 446 g/mol. The maximum absolute atomic E-state index is 11.5. The molecule has 0 spiro atoms. The highest BCUT2D eigenvalue weighted by atomic mass is 32.1. The highest BCUT2D eigenvalue weighted by Gasteiger charge is 2.40. The minimum Gasteiger partial charge on any atom is -0.431 e. The molecule has 2 saturated heterocycles. The highest BCUT2D eigenvalue weighted by Crippen LogP contribution is 2.38. The van der Waals surface area contributed by atoms with E-state index in [0.29, 0.717) is 23.3 Å². The fourth-order valence-corrected chi connectivity index (χ4v) is 6.32. The number of ether oxygens (including phenoxy) is 1. The van der Waals surface area contributed by atoms with E-state index in [-0.39, 0.29) is 5.91 Å². The van der Waals surface area contributed by atoms with E-state index in [9.17, 15) is 4.79 Å². The molecular weight excluding hydrogens is 420 g/mol. The van der Waals surface area contributed by atoms with Crippen LogP contribution in [0.1, 0.15) is 38.2 Å². The first-order chi connectivity index (χ1) is 15.6. The van der Waals surface area contributed by atoms with Gasteiger partial charge in [0.05, 0.1) is 10.2 Å². The van der Waals surface area contributed by atoms with E-state index in [1.54, 1.807) is 18.3 Å². The molecule has 4 aromatic rings. The number of para-hydroxylation sites is 1. The summed E-state index contributed by atoms with van der Waals surface area (Å²) in [6, 6.07) is 15.7. The Morgan fingerprint density at radius 3 is 2.81 bits per heavy atom. The van der Waals surface area contributed by atoms with Gasteiger partial charge in [-0.05, 0) is 55.5 Å². The average Bonchev–Trinajstić information content (AvgIpc) is 3.42. The molecule has 0 aliphatic carbocycles. The first kappa shape index (κ1) is 19.8. The van der Waals surface area contributed by atoms with Crippen molar-refractivity contribution in [2.75, 3.05) is 0 Å². The largest absolute Gasteiger partial charge is 0.431 e. The lowest BCUT2D eigenvalue weighted by Crippen LogP contribution is -2.49. The quantitative estimate of drug-likeness (QED) is 0.442. The molecule has 0 saturated carbocycles. The predicted molar refractivity (Wildman–Crippen MR) is 127 cm³/mol. The molecule has 2 aromatic heterocycles. The molecule has 0 radical (unpaired) electrons. The molecule has 2 fully saturated rings. The number of benzene rings is 2. The van der Waals surface area contributed by atoms with Crippen molar-refractivity contribution in [2.24, 2.45) is 0 Å². The second kappa shape index (κ2) is 7.90. The second-order valence-corrected chi connectivity index (χ2v) is 9.99. The van der Waals surface area contributed by atoms with Crippen LogP contribution in [0.25, 0.3) is 21.1 Å². The molecule has 2 aliphatic rings. The number of carbonyl (C=O) groups is 1. The maximum atomic E-state index is 11.5. The lowest BCUT2D eigenvalue weighted by molar-refractivity contribution is -0.120. The Hall–Kier alpha value is -2.90. The van der Waals surface area contributed by atoms with Gasteiger partial charge in [0, 0.05) is 54.8 Å². The van der Waals surface area contributed by atoms with Crippen LogP contribution < -0.4 is 10.1 Å². The number of hydrogen-bond acceptors (Lipinski definition) is 5. The van der Waals surface area contributed by atoms with Crippen molar-refractivity contribution >= 4 is 38.4 Å². The van der Waals surface area contributed by atoms with Gasteiger partial charge in [0.2, 0.25) is 5.91 Å². The highest BCUT2D eigenvalue weighted by molar-refractivity contribution is 7.20. The van der Waals surface area contributed by atoms with E-state index in [4.69, 9.17) is 4.74 Å². The summed E-state index contributed by atoms with van der Waals surface area (Å²) in [5.41, 5.74) is 3.37. The van der Waals surface area contributed by atoms with Crippen LogP contribution >= 0.6 is 11.3 Å². The molecule has 2 aromatic carbocycles. The maximum Gasteiger partial charge on any atom is 0.279 e. The zero-order chi connectivity index (χ0) is 21.7. The summed E-state index contributed by atoms with van der Waals surface area (Å²) in [5, 5.41) is 5.04. The Bertz CT molecular complexity index is 1250. The fraction of sp³-hybridized carbons (Fsp3) is 0.360. The molecule has 32 heavy (non-hydrogen) atoms. The number of H-pyrrole nitrogens is 1. The van der Waals surface area contributed by atoms with Crippen molar-refractivity contribution in [3.63, 3.8) is 0 Å². The second-order valence-electron chi connectivity index (χ2n) is 9.00. The number of aromatic amines is 1. The molecular formula is C25H26N4O2S. The van der Waals surface area contributed by atoms with Crippen molar-refractivity contribution < 1.29 is 9.53 Å². The van der Waals surface area contributed by atoms with Crippen LogP contribution in [0.3, 0.4) is 0 Å². The molecule has 2 N–H and O–H groups in total. The summed E-state index contributed by atoms with van der Waals surface area (Å²) in [4.78, 5) is 22.1.